The van der Waals surface area contributed by atoms with Gasteiger partial charge in [0.2, 0.25) is 11.8 Å². The van der Waals surface area contributed by atoms with E-state index in [4.69, 9.17) is 16.3 Å². The molecule has 1 saturated heterocycles. The molecule has 1 aliphatic heterocycles. The van der Waals surface area contributed by atoms with Gasteiger partial charge in [-0.3, -0.25) is 14.7 Å². The van der Waals surface area contributed by atoms with E-state index in [0.29, 0.717) is 59.7 Å². The number of nitrogens with one attached hydrogen (secondary N) is 2. The van der Waals surface area contributed by atoms with Crippen molar-refractivity contribution >= 4 is 23.4 Å². The average molecular weight is 480 g/mol. The average Bonchev–Trinajstić information content (AvgIpc) is 3.47. The first kappa shape index (κ1) is 22.4. The van der Waals surface area contributed by atoms with E-state index in [2.05, 4.69) is 32.6 Å². The Bertz CT molecular complexity index is 1190. The van der Waals surface area contributed by atoms with Crippen LogP contribution >= 0.6 is 11.6 Å². The highest BCUT2D eigenvalue weighted by Crippen LogP contribution is 2.41. The van der Waals surface area contributed by atoms with Gasteiger partial charge in [-0.15, -0.1) is 0 Å². The number of carbonyl (C=O) groups excluding carboxylic acids is 2. The van der Waals surface area contributed by atoms with Gasteiger partial charge in [0, 0.05) is 42.6 Å². The fourth-order valence-electron chi connectivity index (χ4n) is 4.54. The number of benzene rings is 1. The number of amides is 2. The van der Waals surface area contributed by atoms with E-state index in [1.54, 1.807) is 17.0 Å². The van der Waals surface area contributed by atoms with E-state index in [9.17, 15) is 9.59 Å². The lowest BCUT2D eigenvalue weighted by Crippen LogP contribution is -2.43. The summed E-state index contributed by atoms with van der Waals surface area (Å²) in [6.07, 6.45) is 3.78. The first-order valence-corrected chi connectivity index (χ1v) is 11.8. The number of hydrogen-bond acceptors (Lipinski definition) is 5. The minimum Gasteiger partial charge on any atom is -0.481 e. The van der Waals surface area contributed by atoms with Crippen LogP contribution in [-0.4, -0.2) is 58.1 Å². The van der Waals surface area contributed by atoms with Crippen molar-refractivity contribution in [2.45, 2.75) is 31.2 Å². The maximum absolute atomic E-state index is 13.0. The second kappa shape index (κ2) is 9.46. The molecule has 1 aromatic carbocycles. The fraction of sp³-hybridized carbons (Fsp3) is 0.360. The largest absolute Gasteiger partial charge is 0.481 e. The molecule has 34 heavy (non-hydrogen) atoms. The molecule has 8 nitrogen and oxygen atoms in total. The third-order valence-electron chi connectivity index (χ3n) is 6.62. The number of carbonyl (C=O) groups is 2. The Morgan fingerprint density at radius 2 is 1.94 bits per heavy atom. The van der Waals surface area contributed by atoms with Gasteiger partial charge in [0.15, 0.2) is 0 Å². The molecular weight excluding hydrogens is 454 g/mol. The maximum Gasteiger partial charge on any atom is 0.271 e. The van der Waals surface area contributed by atoms with Crippen LogP contribution in [-0.2, 0) is 4.79 Å². The Labute approximate surface area is 202 Å². The van der Waals surface area contributed by atoms with Gasteiger partial charge in [0.1, 0.15) is 5.69 Å². The number of aromatic amines is 1. The Balaban J connectivity index is 1.15. The number of hydrogen-bond donors (Lipinski definition) is 2. The molecule has 176 valence electrons. The number of methoxy groups -OCH3 is 1. The maximum atomic E-state index is 13.0. The molecule has 3 heterocycles. The van der Waals surface area contributed by atoms with Crippen LogP contribution in [0.2, 0.25) is 5.02 Å². The predicted octanol–water partition coefficient (Wildman–Crippen LogP) is 3.66. The Kier molecular flexibility index (Phi) is 6.24. The first-order chi connectivity index (χ1) is 16.5. The quantitative estimate of drug-likeness (QED) is 0.562. The summed E-state index contributed by atoms with van der Waals surface area (Å²) in [6, 6.07) is 13.9. The van der Waals surface area contributed by atoms with Gasteiger partial charge in [-0.1, -0.05) is 41.9 Å². The van der Waals surface area contributed by atoms with Gasteiger partial charge in [-0.2, -0.15) is 5.10 Å². The number of halogens is 1. The summed E-state index contributed by atoms with van der Waals surface area (Å²) < 4.78 is 5.15. The number of likely N-dealkylation sites (tertiary alicyclic amines) is 1. The SMILES string of the molecule is COc1cc(-c2cc(C(=O)N3CCC(C(=O)N[C@@H]4C[C@H]4c4ccccc4)CC3)[nH]n2)c(Cl)cn1. The molecule has 2 N–H and O–H groups in total. The van der Waals surface area contributed by atoms with Crippen LogP contribution in [0.15, 0.2) is 48.7 Å². The van der Waals surface area contributed by atoms with Crippen LogP contribution in [0.25, 0.3) is 11.3 Å². The molecule has 0 radical (unpaired) electrons. The van der Waals surface area contributed by atoms with Crippen molar-refractivity contribution in [2.24, 2.45) is 5.92 Å². The second-order valence-electron chi connectivity index (χ2n) is 8.81. The van der Waals surface area contributed by atoms with E-state index >= 15 is 0 Å². The molecule has 2 aliphatic rings. The Morgan fingerprint density at radius 1 is 1.18 bits per heavy atom. The van der Waals surface area contributed by atoms with E-state index in [1.165, 1.54) is 18.9 Å². The van der Waals surface area contributed by atoms with Crippen molar-refractivity contribution in [3.05, 3.63) is 64.9 Å². The molecule has 2 aromatic heterocycles. The number of rotatable bonds is 6. The number of H-pyrrole nitrogens is 1. The Morgan fingerprint density at radius 3 is 2.68 bits per heavy atom. The van der Waals surface area contributed by atoms with Crippen LogP contribution in [0.3, 0.4) is 0 Å². The summed E-state index contributed by atoms with van der Waals surface area (Å²) in [4.78, 5) is 31.6. The summed E-state index contributed by atoms with van der Waals surface area (Å²) in [5.74, 6) is 0.718. The van der Waals surface area contributed by atoms with E-state index < -0.39 is 0 Å². The zero-order valence-corrected chi connectivity index (χ0v) is 19.6. The third kappa shape index (κ3) is 4.63. The zero-order valence-electron chi connectivity index (χ0n) is 18.8. The summed E-state index contributed by atoms with van der Waals surface area (Å²) >= 11 is 6.25. The van der Waals surface area contributed by atoms with Gasteiger partial charge in [0.25, 0.3) is 5.91 Å². The van der Waals surface area contributed by atoms with Crippen LogP contribution in [0.1, 0.15) is 41.2 Å². The summed E-state index contributed by atoms with van der Waals surface area (Å²) in [5.41, 5.74) is 2.83. The van der Waals surface area contributed by atoms with Gasteiger partial charge in [-0.25, -0.2) is 4.98 Å². The molecular formula is C25H26ClN5O3. The summed E-state index contributed by atoms with van der Waals surface area (Å²) in [7, 11) is 1.52. The van der Waals surface area contributed by atoms with Gasteiger partial charge in [0.05, 0.1) is 24.0 Å². The number of piperidine rings is 1. The van der Waals surface area contributed by atoms with Gasteiger partial charge < -0.3 is 15.0 Å². The first-order valence-electron chi connectivity index (χ1n) is 11.4. The lowest BCUT2D eigenvalue weighted by atomic mass is 9.95. The lowest BCUT2D eigenvalue weighted by Gasteiger charge is -2.31. The van der Waals surface area contributed by atoms with Crippen LogP contribution in [0, 0.1) is 5.92 Å². The molecule has 3 aromatic rings. The molecule has 0 bridgehead atoms. The smallest absolute Gasteiger partial charge is 0.271 e. The second-order valence-corrected chi connectivity index (χ2v) is 9.22. The Hall–Kier alpha value is -3.39. The topological polar surface area (TPSA) is 100 Å². The van der Waals surface area contributed by atoms with Gasteiger partial charge >= 0.3 is 0 Å². The lowest BCUT2D eigenvalue weighted by molar-refractivity contribution is -0.126. The number of ether oxygens (including phenoxy) is 1. The summed E-state index contributed by atoms with van der Waals surface area (Å²) in [6.45, 7) is 1.06. The number of aromatic nitrogens is 3. The zero-order chi connectivity index (χ0) is 23.7. The molecule has 0 spiro atoms. The monoisotopic (exact) mass is 479 g/mol. The molecule has 1 aliphatic carbocycles. The molecule has 1 saturated carbocycles. The third-order valence-corrected chi connectivity index (χ3v) is 6.92. The standard InChI is InChI=1S/C25H26ClN5O3/c1-34-23-12-18(19(26)14-27-23)21-13-22(30-29-21)25(33)31-9-7-16(8-10-31)24(32)28-20-11-17(20)15-5-3-2-4-6-15/h2-6,12-14,16-17,20H,7-11H2,1H3,(H,28,32)(H,29,30)/t17-,20+/m0/s1. The highest BCUT2D eigenvalue weighted by atomic mass is 35.5. The van der Waals surface area contributed by atoms with E-state index in [0.717, 1.165) is 6.42 Å². The molecule has 9 heteroatoms. The fourth-order valence-corrected chi connectivity index (χ4v) is 4.74. The van der Waals surface area contributed by atoms with Crippen molar-refractivity contribution < 1.29 is 14.3 Å². The molecule has 0 unspecified atom stereocenters. The predicted molar refractivity (Wildman–Crippen MR) is 128 cm³/mol. The minimum atomic E-state index is -0.138. The molecule has 2 amide bonds. The summed E-state index contributed by atoms with van der Waals surface area (Å²) in [5, 5.41) is 10.7. The minimum absolute atomic E-state index is 0.0681. The normalized spacial score (nSPS) is 20.1. The molecule has 2 atom stereocenters. The molecule has 2 fully saturated rings. The van der Waals surface area contributed by atoms with E-state index in [-0.39, 0.29) is 23.8 Å². The number of pyridine rings is 1. The van der Waals surface area contributed by atoms with Crippen LogP contribution in [0.4, 0.5) is 0 Å². The van der Waals surface area contributed by atoms with Crippen LogP contribution in [0.5, 0.6) is 5.88 Å². The van der Waals surface area contributed by atoms with Crippen LogP contribution < -0.4 is 10.1 Å². The van der Waals surface area contributed by atoms with Crippen molar-refractivity contribution in [1.82, 2.24) is 25.4 Å². The van der Waals surface area contributed by atoms with Gasteiger partial charge in [-0.05, 0) is 30.9 Å². The van der Waals surface area contributed by atoms with Crippen molar-refractivity contribution in [1.29, 1.82) is 0 Å². The highest BCUT2D eigenvalue weighted by molar-refractivity contribution is 6.33. The van der Waals surface area contributed by atoms with Crippen molar-refractivity contribution in [2.75, 3.05) is 20.2 Å². The van der Waals surface area contributed by atoms with E-state index in [1.807, 2.05) is 18.2 Å². The molecule has 5 rings (SSSR count). The van der Waals surface area contributed by atoms with Crippen molar-refractivity contribution in [3.63, 3.8) is 0 Å². The number of nitrogens with zero attached hydrogens (tertiary/aromatic N) is 3. The highest BCUT2D eigenvalue weighted by Gasteiger charge is 2.40. The van der Waals surface area contributed by atoms with Crippen molar-refractivity contribution in [3.8, 4) is 17.1 Å².